The Kier molecular flexibility index (Phi) is 6.88. The lowest BCUT2D eigenvalue weighted by atomic mass is 10.1. The molecule has 0 aliphatic carbocycles. The maximum Gasteiger partial charge on any atom is 0.329 e. The van der Waals surface area contributed by atoms with Crippen molar-refractivity contribution in [1.29, 1.82) is 0 Å². The molecule has 8 heteroatoms. The van der Waals surface area contributed by atoms with Crippen molar-refractivity contribution >= 4 is 8.32 Å². The summed E-state index contributed by atoms with van der Waals surface area (Å²) < 4.78 is 19.3. The van der Waals surface area contributed by atoms with Crippen molar-refractivity contribution in [3.63, 3.8) is 0 Å². The number of aromatic amines is 1. The Bertz CT molecular complexity index is 872. The van der Waals surface area contributed by atoms with Crippen molar-refractivity contribution in [3.05, 3.63) is 44.8 Å². The Labute approximate surface area is 166 Å². The minimum absolute atomic E-state index is 0.0395. The van der Waals surface area contributed by atoms with Crippen LogP contribution in [0, 0.1) is 12.3 Å². The van der Waals surface area contributed by atoms with Crippen LogP contribution in [0.1, 0.15) is 39.3 Å². The van der Waals surface area contributed by atoms with Crippen LogP contribution in [0.3, 0.4) is 0 Å². The van der Waals surface area contributed by atoms with Crippen LogP contribution in [0.4, 0.5) is 0 Å². The fraction of sp³-hybridized carbons (Fsp3) is 0.600. The average Bonchev–Trinajstić information content (AvgIpc) is 2.60. The third kappa shape index (κ3) is 4.91. The standard InChI is InChI=1S/C20H30N2O5Si/c1-8-14-12-22(19(24)21-18(14)23)15-10-11-17(25-9-2)27-16(15)13-26-28(6,7)20(3,4)5/h1,10-12,15-17H,9,13H2,2-7H3,(H,21,23,24)/t15?,16-,17?/m1/s1. The highest BCUT2D eigenvalue weighted by atomic mass is 28.4. The van der Waals surface area contributed by atoms with Gasteiger partial charge in [0.25, 0.3) is 5.56 Å². The molecule has 7 nitrogen and oxygen atoms in total. The smallest absolute Gasteiger partial charge is 0.329 e. The number of terminal acetylenes is 1. The number of nitrogens with zero attached hydrogens (tertiary/aromatic N) is 1. The van der Waals surface area contributed by atoms with Gasteiger partial charge in [0.2, 0.25) is 0 Å². The first-order valence-electron chi connectivity index (χ1n) is 9.41. The van der Waals surface area contributed by atoms with Crippen LogP contribution in [0.25, 0.3) is 0 Å². The van der Waals surface area contributed by atoms with Gasteiger partial charge in [-0.15, -0.1) is 6.42 Å². The van der Waals surface area contributed by atoms with E-state index in [2.05, 4.69) is 44.8 Å². The van der Waals surface area contributed by atoms with Gasteiger partial charge in [-0.2, -0.15) is 0 Å². The highest BCUT2D eigenvalue weighted by Gasteiger charge is 2.39. The molecular formula is C20H30N2O5Si. The van der Waals surface area contributed by atoms with Gasteiger partial charge >= 0.3 is 5.69 Å². The van der Waals surface area contributed by atoms with Crippen LogP contribution >= 0.6 is 0 Å². The first kappa shape index (κ1) is 22.4. The summed E-state index contributed by atoms with van der Waals surface area (Å²) in [6.07, 6.45) is 9.38. The van der Waals surface area contributed by atoms with E-state index in [1.165, 1.54) is 10.8 Å². The van der Waals surface area contributed by atoms with Crippen LogP contribution < -0.4 is 11.2 Å². The van der Waals surface area contributed by atoms with Crippen molar-refractivity contribution < 1.29 is 13.9 Å². The van der Waals surface area contributed by atoms with Gasteiger partial charge in [-0.05, 0) is 31.1 Å². The Morgan fingerprint density at radius 3 is 2.57 bits per heavy atom. The Morgan fingerprint density at radius 1 is 1.32 bits per heavy atom. The molecule has 0 saturated carbocycles. The fourth-order valence-electron chi connectivity index (χ4n) is 2.61. The van der Waals surface area contributed by atoms with Gasteiger partial charge < -0.3 is 13.9 Å². The van der Waals surface area contributed by atoms with E-state index >= 15 is 0 Å². The predicted molar refractivity (Wildman–Crippen MR) is 111 cm³/mol. The molecule has 0 spiro atoms. The van der Waals surface area contributed by atoms with E-state index in [0.29, 0.717) is 13.2 Å². The molecular weight excluding hydrogens is 376 g/mol. The molecule has 1 aliphatic rings. The molecule has 0 bridgehead atoms. The van der Waals surface area contributed by atoms with Crippen molar-refractivity contribution in [1.82, 2.24) is 9.55 Å². The zero-order chi connectivity index (χ0) is 21.1. The highest BCUT2D eigenvalue weighted by Crippen LogP contribution is 2.37. The lowest BCUT2D eigenvalue weighted by Crippen LogP contribution is -2.47. The number of nitrogens with one attached hydrogen (secondary N) is 1. The van der Waals surface area contributed by atoms with E-state index in [4.69, 9.17) is 20.3 Å². The monoisotopic (exact) mass is 406 g/mol. The topological polar surface area (TPSA) is 82.6 Å². The number of aromatic nitrogens is 2. The van der Waals surface area contributed by atoms with E-state index < -0.39 is 38.0 Å². The molecule has 2 unspecified atom stereocenters. The lowest BCUT2D eigenvalue weighted by Gasteiger charge is -2.39. The van der Waals surface area contributed by atoms with Crippen LogP contribution in [-0.2, 0) is 13.9 Å². The van der Waals surface area contributed by atoms with Gasteiger partial charge in [0.05, 0.1) is 12.6 Å². The summed E-state index contributed by atoms with van der Waals surface area (Å²) in [6.45, 7) is 13.5. The molecule has 154 valence electrons. The van der Waals surface area contributed by atoms with Crippen LogP contribution in [-0.4, -0.2) is 43.5 Å². The summed E-state index contributed by atoms with van der Waals surface area (Å²) in [5.41, 5.74) is -1.04. The number of hydrogen-bond donors (Lipinski definition) is 1. The van der Waals surface area contributed by atoms with Gasteiger partial charge in [0.15, 0.2) is 14.6 Å². The van der Waals surface area contributed by atoms with E-state index in [1.54, 1.807) is 6.08 Å². The normalized spacial score (nSPS) is 22.8. The molecule has 1 aliphatic heterocycles. The zero-order valence-corrected chi connectivity index (χ0v) is 18.4. The van der Waals surface area contributed by atoms with Gasteiger partial charge in [0, 0.05) is 12.8 Å². The third-order valence-electron chi connectivity index (χ3n) is 5.35. The van der Waals surface area contributed by atoms with Crippen LogP contribution in [0.5, 0.6) is 0 Å². The summed E-state index contributed by atoms with van der Waals surface area (Å²) in [6, 6.07) is -0.474. The fourth-order valence-corrected chi connectivity index (χ4v) is 3.63. The Hall–Kier alpha value is -1.92. The quantitative estimate of drug-likeness (QED) is 0.446. The summed E-state index contributed by atoms with van der Waals surface area (Å²) in [7, 11) is -2.02. The van der Waals surface area contributed by atoms with Gasteiger partial charge in [-0.1, -0.05) is 32.8 Å². The molecule has 1 N–H and O–H groups in total. The minimum atomic E-state index is -2.02. The maximum absolute atomic E-state index is 12.4. The summed E-state index contributed by atoms with van der Waals surface area (Å²) in [5.74, 6) is 2.30. The number of ether oxygens (including phenoxy) is 2. The molecule has 0 saturated heterocycles. The second-order valence-corrected chi connectivity index (χ2v) is 13.1. The molecule has 0 aromatic carbocycles. The number of rotatable bonds is 6. The first-order chi connectivity index (χ1) is 13.0. The maximum atomic E-state index is 12.4. The molecule has 2 rings (SSSR count). The number of hydrogen-bond acceptors (Lipinski definition) is 5. The van der Waals surface area contributed by atoms with Crippen molar-refractivity contribution in [2.24, 2.45) is 0 Å². The molecule has 28 heavy (non-hydrogen) atoms. The Balaban J connectivity index is 2.37. The molecule has 3 atom stereocenters. The molecule has 1 aromatic heterocycles. The van der Waals surface area contributed by atoms with E-state index in [-0.39, 0.29) is 10.6 Å². The molecule has 0 amide bonds. The van der Waals surface area contributed by atoms with Crippen molar-refractivity contribution in [2.45, 2.75) is 64.3 Å². The van der Waals surface area contributed by atoms with Crippen molar-refractivity contribution in [3.8, 4) is 12.3 Å². The predicted octanol–water partition coefficient (Wildman–Crippen LogP) is 2.40. The second kappa shape index (κ2) is 8.62. The van der Waals surface area contributed by atoms with Crippen molar-refractivity contribution in [2.75, 3.05) is 13.2 Å². The minimum Gasteiger partial charge on any atom is -0.414 e. The van der Waals surface area contributed by atoms with E-state index in [9.17, 15) is 9.59 Å². The van der Waals surface area contributed by atoms with Crippen LogP contribution in [0.2, 0.25) is 18.1 Å². The SMILES string of the molecule is C#Cc1cn(C2C=CC(OCC)O[C@@H]2CO[Si](C)(C)C(C)(C)C)c(=O)[nH]c1=O. The molecule has 0 fully saturated rings. The van der Waals surface area contributed by atoms with E-state index in [1.807, 2.05) is 13.0 Å². The molecule has 1 aromatic rings. The van der Waals surface area contributed by atoms with Gasteiger partial charge in [0.1, 0.15) is 11.7 Å². The molecule has 2 heterocycles. The van der Waals surface area contributed by atoms with Gasteiger partial charge in [-0.25, -0.2) is 4.79 Å². The van der Waals surface area contributed by atoms with Gasteiger partial charge in [-0.3, -0.25) is 14.3 Å². The summed E-state index contributed by atoms with van der Waals surface area (Å²) in [4.78, 5) is 26.5. The Morgan fingerprint density at radius 2 is 2.00 bits per heavy atom. The van der Waals surface area contributed by atoms with Crippen LogP contribution in [0.15, 0.2) is 27.9 Å². The average molecular weight is 407 g/mol. The molecule has 0 radical (unpaired) electrons. The third-order valence-corrected chi connectivity index (χ3v) is 9.85. The van der Waals surface area contributed by atoms with E-state index in [0.717, 1.165) is 0 Å². The lowest BCUT2D eigenvalue weighted by molar-refractivity contribution is -0.163. The summed E-state index contributed by atoms with van der Waals surface area (Å²) >= 11 is 0. The number of H-pyrrole nitrogens is 1. The first-order valence-corrected chi connectivity index (χ1v) is 12.3. The zero-order valence-electron chi connectivity index (χ0n) is 17.4. The highest BCUT2D eigenvalue weighted by molar-refractivity contribution is 6.74. The summed E-state index contributed by atoms with van der Waals surface area (Å²) in [5, 5.41) is 0.0395. The largest absolute Gasteiger partial charge is 0.414 e. The second-order valence-electron chi connectivity index (χ2n) is 8.30.